The highest BCUT2D eigenvalue weighted by Crippen LogP contribution is 2.39. The van der Waals surface area contributed by atoms with Crippen LogP contribution in [0.2, 0.25) is 0 Å². The largest absolute Gasteiger partial charge is 0.489 e. The van der Waals surface area contributed by atoms with Crippen LogP contribution in [0.1, 0.15) is 54.4 Å². The smallest absolute Gasteiger partial charge is 0.303 e. The number of benzene rings is 3. The number of halogens is 1. The van der Waals surface area contributed by atoms with Gasteiger partial charge in [-0.1, -0.05) is 48.5 Å². The number of piperidine rings is 1. The Labute approximate surface area is 230 Å². The lowest BCUT2D eigenvalue weighted by molar-refractivity contribution is -0.136. The van der Waals surface area contributed by atoms with Crippen molar-refractivity contribution in [1.29, 1.82) is 0 Å². The fourth-order valence-corrected chi connectivity index (χ4v) is 5.89. The fraction of sp³-hybridized carbons (Fsp3) is 0.424. The van der Waals surface area contributed by atoms with E-state index < -0.39 is 5.97 Å². The average Bonchev–Trinajstić information content (AvgIpc) is 2.95. The van der Waals surface area contributed by atoms with Crippen LogP contribution in [0.15, 0.2) is 72.8 Å². The molecule has 0 aromatic heterocycles. The molecule has 1 spiro atoms. The van der Waals surface area contributed by atoms with Crippen molar-refractivity contribution in [2.75, 3.05) is 19.7 Å². The van der Waals surface area contributed by atoms with E-state index >= 15 is 0 Å². The number of carbonyl (C=O) groups is 1. The number of aliphatic carboxylic acids is 1. The minimum Gasteiger partial charge on any atom is -0.489 e. The molecule has 1 unspecified atom stereocenters. The second-order valence-corrected chi connectivity index (χ2v) is 11.1. The standard InChI is InChI=1S/C33H38FNO4/c34-30-10-5-26(6-11-30)21-29-15-20-39-33(22-29)16-18-35(19-17-33)23-27-1-3-28(4-2-27)24-38-31-12-7-25(8-13-31)9-14-32(36)37/h1-8,10-13,29H,9,14-24H2,(H,36,37). The molecule has 2 aliphatic rings. The van der Waals surface area contributed by atoms with Gasteiger partial charge in [-0.3, -0.25) is 9.69 Å². The van der Waals surface area contributed by atoms with Gasteiger partial charge in [0.25, 0.3) is 0 Å². The van der Waals surface area contributed by atoms with Gasteiger partial charge in [-0.2, -0.15) is 0 Å². The van der Waals surface area contributed by atoms with E-state index in [4.69, 9.17) is 14.6 Å². The van der Waals surface area contributed by atoms with Gasteiger partial charge in [0.15, 0.2) is 0 Å². The number of nitrogens with zero attached hydrogens (tertiary/aromatic N) is 1. The van der Waals surface area contributed by atoms with E-state index in [0.717, 1.165) is 75.2 Å². The Morgan fingerprint density at radius 2 is 1.56 bits per heavy atom. The lowest BCUT2D eigenvalue weighted by Gasteiger charge is -2.46. The maximum atomic E-state index is 13.3. The summed E-state index contributed by atoms with van der Waals surface area (Å²) in [4.78, 5) is 13.3. The maximum absolute atomic E-state index is 13.3. The Bertz CT molecular complexity index is 1200. The van der Waals surface area contributed by atoms with E-state index in [2.05, 4.69) is 29.2 Å². The molecule has 6 heteroatoms. The Hall–Kier alpha value is -3.22. The number of hydrogen-bond donors (Lipinski definition) is 1. The first-order valence-electron chi connectivity index (χ1n) is 14.1. The third-order valence-corrected chi connectivity index (χ3v) is 8.19. The molecular weight excluding hydrogens is 493 g/mol. The van der Waals surface area contributed by atoms with Crippen LogP contribution in [-0.4, -0.2) is 41.3 Å². The molecule has 3 aromatic carbocycles. The van der Waals surface area contributed by atoms with Gasteiger partial charge in [0.05, 0.1) is 5.60 Å². The third kappa shape index (κ3) is 7.90. The summed E-state index contributed by atoms with van der Waals surface area (Å²) < 4.78 is 25.6. The van der Waals surface area contributed by atoms with Crippen molar-refractivity contribution >= 4 is 5.97 Å². The minimum atomic E-state index is -0.783. The van der Waals surface area contributed by atoms with E-state index in [1.807, 2.05) is 36.4 Å². The Morgan fingerprint density at radius 1 is 0.923 bits per heavy atom. The van der Waals surface area contributed by atoms with Gasteiger partial charge in [-0.25, -0.2) is 4.39 Å². The molecule has 5 nitrogen and oxygen atoms in total. The van der Waals surface area contributed by atoms with E-state index in [1.165, 1.54) is 11.1 Å². The first-order chi connectivity index (χ1) is 18.9. The highest BCUT2D eigenvalue weighted by molar-refractivity contribution is 5.67. The molecular formula is C33H38FNO4. The van der Waals surface area contributed by atoms with Gasteiger partial charge in [0.2, 0.25) is 0 Å². The summed E-state index contributed by atoms with van der Waals surface area (Å²) in [7, 11) is 0. The van der Waals surface area contributed by atoms with Crippen molar-refractivity contribution in [2.45, 2.75) is 63.7 Å². The summed E-state index contributed by atoms with van der Waals surface area (Å²) in [6, 6.07) is 23.2. The molecule has 1 atom stereocenters. The summed E-state index contributed by atoms with van der Waals surface area (Å²) in [5, 5.41) is 8.82. The molecule has 39 heavy (non-hydrogen) atoms. The summed E-state index contributed by atoms with van der Waals surface area (Å²) >= 11 is 0. The molecule has 2 heterocycles. The number of likely N-dealkylation sites (tertiary alicyclic amines) is 1. The maximum Gasteiger partial charge on any atom is 0.303 e. The number of rotatable bonds is 10. The van der Waals surface area contributed by atoms with Crippen LogP contribution in [0.3, 0.4) is 0 Å². The van der Waals surface area contributed by atoms with Crippen LogP contribution in [0.25, 0.3) is 0 Å². The first-order valence-corrected chi connectivity index (χ1v) is 14.1. The Balaban J connectivity index is 1.05. The number of carboxylic acid groups (broad SMARTS) is 1. The fourth-order valence-electron chi connectivity index (χ4n) is 5.89. The molecule has 0 amide bonds. The molecule has 2 aliphatic heterocycles. The Morgan fingerprint density at radius 3 is 2.26 bits per heavy atom. The van der Waals surface area contributed by atoms with Gasteiger partial charge in [-0.15, -0.1) is 0 Å². The van der Waals surface area contributed by atoms with Crippen LogP contribution in [0.4, 0.5) is 4.39 Å². The SMILES string of the molecule is O=C(O)CCc1ccc(OCc2ccc(CN3CCC4(CC3)CC(Cc3ccc(F)cc3)CCO4)cc2)cc1. The highest BCUT2D eigenvalue weighted by Gasteiger charge is 2.40. The monoisotopic (exact) mass is 531 g/mol. The topological polar surface area (TPSA) is 59.0 Å². The van der Waals surface area contributed by atoms with E-state index in [1.54, 1.807) is 12.1 Å². The van der Waals surface area contributed by atoms with E-state index in [0.29, 0.717) is 18.9 Å². The molecule has 2 saturated heterocycles. The first kappa shape index (κ1) is 27.4. The van der Waals surface area contributed by atoms with Gasteiger partial charge < -0.3 is 14.6 Å². The zero-order valence-corrected chi connectivity index (χ0v) is 22.5. The van der Waals surface area contributed by atoms with E-state index in [-0.39, 0.29) is 17.8 Å². The predicted molar refractivity (Wildman–Crippen MR) is 149 cm³/mol. The molecule has 0 saturated carbocycles. The van der Waals surface area contributed by atoms with Gasteiger partial charge in [0.1, 0.15) is 18.2 Å². The quantitative estimate of drug-likeness (QED) is 0.327. The van der Waals surface area contributed by atoms with Crippen molar-refractivity contribution in [3.8, 4) is 5.75 Å². The highest BCUT2D eigenvalue weighted by atomic mass is 19.1. The van der Waals surface area contributed by atoms with Crippen LogP contribution >= 0.6 is 0 Å². The zero-order chi connectivity index (χ0) is 27.1. The number of ether oxygens (including phenoxy) is 2. The molecule has 0 aliphatic carbocycles. The lowest BCUT2D eigenvalue weighted by atomic mass is 9.77. The second-order valence-electron chi connectivity index (χ2n) is 11.1. The normalized spacial score (nSPS) is 19.2. The molecule has 3 aromatic rings. The van der Waals surface area contributed by atoms with Crippen LogP contribution < -0.4 is 4.74 Å². The van der Waals surface area contributed by atoms with Crippen molar-refractivity contribution < 1.29 is 23.8 Å². The molecule has 206 valence electrons. The molecule has 0 radical (unpaired) electrons. The lowest BCUT2D eigenvalue weighted by Crippen LogP contribution is -2.49. The van der Waals surface area contributed by atoms with Gasteiger partial charge in [-0.05, 0) is 91.0 Å². The van der Waals surface area contributed by atoms with Crippen LogP contribution in [0.5, 0.6) is 5.75 Å². The molecule has 2 fully saturated rings. The second kappa shape index (κ2) is 12.8. The molecule has 0 bridgehead atoms. The summed E-state index contributed by atoms with van der Waals surface area (Å²) in [5.74, 6) is 0.427. The summed E-state index contributed by atoms with van der Waals surface area (Å²) in [6.07, 6.45) is 5.97. The van der Waals surface area contributed by atoms with E-state index in [9.17, 15) is 9.18 Å². The van der Waals surface area contributed by atoms with Gasteiger partial charge in [0, 0.05) is 32.7 Å². The van der Waals surface area contributed by atoms with Crippen LogP contribution in [-0.2, 0) is 35.5 Å². The van der Waals surface area contributed by atoms with Crippen molar-refractivity contribution in [1.82, 2.24) is 4.90 Å². The summed E-state index contributed by atoms with van der Waals surface area (Å²) in [5.41, 5.74) is 4.63. The number of hydrogen-bond acceptors (Lipinski definition) is 4. The minimum absolute atomic E-state index is 0.00486. The summed E-state index contributed by atoms with van der Waals surface area (Å²) in [6.45, 7) is 4.34. The van der Waals surface area contributed by atoms with Gasteiger partial charge >= 0.3 is 5.97 Å². The Kier molecular flexibility index (Phi) is 8.95. The average molecular weight is 532 g/mol. The molecule has 5 rings (SSSR count). The van der Waals surface area contributed by atoms with Crippen molar-refractivity contribution in [3.05, 3.63) is 101 Å². The number of aryl methyl sites for hydroxylation is 1. The van der Waals surface area contributed by atoms with Crippen molar-refractivity contribution in [2.24, 2.45) is 5.92 Å². The molecule has 1 N–H and O–H groups in total. The van der Waals surface area contributed by atoms with Crippen molar-refractivity contribution in [3.63, 3.8) is 0 Å². The number of carboxylic acids is 1. The van der Waals surface area contributed by atoms with Crippen LogP contribution in [0, 0.1) is 11.7 Å². The third-order valence-electron chi connectivity index (χ3n) is 8.19. The zero-order valence-electron chi connectivity index (χ0n) is 22.5. The predicted octanol–water partition coefficient (Wildman–Crippen LogP) is 6.43.